The zero-order valence-electron chi connectivity index (χ0n) is 12.7. The molecule has 0 amide bonds. The number of benzene rings is 1. The molecule has 3 atom stereocenters. The quantitative estimate of drug-likeness (QED) is 0.807. The maximum absolute atomic E-state index is 13.0. The third-order valence-electron chi connectivity index (χ3n) is 4.71. The average Bonchev–Trinajstić information content (AvgIpc) is 2.45. The zero-order valence-corrected chi connectivity index (χ0v) is 12.7. The first-order valence-corrected chi connectivity index (χ1v) is 7.79. The molecule has 2 rings (SSSR count). The Labute approximate surface area is 124 Å². The Morgan fingerprint density at radius 1 is 1.19 bits per heavy atom. The molecule has 0 bridgehead atoms. The summed E-state index contributed by atoms with van der Waals surface area (Å²) in [5.74, 6) is 1.25. The molecule has 4 heteroatoms. The SMILES string of the molecule is CC(NCC1CCCCC1C)c1ccccc1C(F)(F)F. The van der Waals surface area contributed by atoms with Gasteiger partial charge in [0, 0.05) is 6.04 Å². The molecule has 21 heavy (non-hydrogen) atoms. The number of hydrogen-bond donors (Lipinski definition) is 1. The summed E-state index contributed by atoms with van der Waals surface area (Å²) in [7, 11) is 0. The number of nitrogens with one attached hydrogen (secondary N) is 1. The average molecular weight is 299 g/mol. The molecule has 0 radical (unpaired) electrons. The maximum atomic E-state index is 13.0. The van der Waals surface area contributed by atoms with E-state index in [4.69, 9.17) is 0 Å². The van der Waals surface area contributed by atoms with Gasteiger partial charge < -0.3 is 5.32 Å². The summed E-state index contributed by atoms with van der Waals surface area (Å²) in [6.45, 7) is 4.87. The van der Waals surface area contributed by atoms with Gasteiger partial charge in [-0.15, -0.1) is 0 Å². The maximum Gasteiger partial charge on any atom is 0.416 e. The van der Waals surface area contributed by atoms with E-state index in [-0.39, 0.29) is 6.04 Å². The van der Waals surface area contributed by atoms with E-state index in [0.29, 0.717) is 17.4 Å². The topological polar surface area (TPSA) is 12.0 Å². The van der Waals surface area contributed by atoms with Crippen molar-refractivity contribution in [2.24, 2.45) is 11.8 Å². The van der Waals surface area contributed by atoms with Gasteiger partial charge in [-0.05, 0) is 43.4 Å². The largest absolute Gasteiger partial charge is 0.416 e. The molecular weight excluding hydrogens is 275 g/mol. The fraction of sp³-hybridized carbons (Fsp3) is 0.647. The predicted octanol–water partition coefficient (Wildman–Crippen LogP) is 5.18. The van der Waals surface area contributed by atoms with Crippen LogP contribution in [-0.4, -0.2) is 6.54 Å². The van der Waals surface area contributed by atoms with Gasteiger partial charge in [-0.3, -0.25) is 0 Å². The Kier molecular flexibility index (Phi) is 5.31. The normalized spacial score (nSPS) is 24.8. The Hall–Kier alpha value is -1.03. The zero-order chi connectivity index (χ0) is 15.5. The molecule has 1 fully saturated rings. The van der Waals surface area contributed by atoms with E-state index in [1.54, 1.807) is 12.1 Å². The second kappa shape index (κ2) is 6.82. The van der Waals surface area contributed by atoms with Gasteiger partial charge in [0.1, 0.15) is 0 Å². The number of halogens is 3. The molecule has 1 N–H and O–H groups in total. The predicted molar refractivity (Wildman–Crippen MR) is 79.0 cm³/mol. The molecule has 0 aliphatic heterocycles. The number of rotatable bonds is 4. The summed E-state index contributed by atoms with van der Waals surface area (Å²) in [4.78, 5) is 0. The third-order valence-corrected chi connectivity index (χ3v) is 4.71. The lowest BCUT2D eigenvalue weighted by molar-refractivity contribution is -0.138. The molecular formula is C17H24F3N. The first-order valence-electron chi connectivity index (χ1n) is 7.79. The third kappa shape index (κ3) is 4.22. The Morgan fingerprint density at radius 2 is 1.86 bits per heavy atom. The second-order valence-corrected chi connectivity index (χ2v) is 6.24. The first-order chi connectivity index (χ1) is 9.89. The van der Waals surface area contributed by atoms with Crippen molar-refractivity contribution in [1.29, 1.82) is 0 Å². The summed E-state index contributed by atoms with van der Waals surface area (Å²) in [5, 5.41) is 3.31. The highest BCUT2D eigenvalue weighted by Crippen LogP contribution is 2.35. The van der Waals surface area contributed by atoms with E-state index < -0.39 is 11.7 Å². The highest BCUT2D eigenvalue weighted by Gasteiger charge is 2.34. The number of hydrogen-bond acceptors (Lipinski definition) is 1. The van der Waals surface area contributed by atoms with Gasteiger partial charge in [-0.1, -0.05) is 44.4 Å². The monoisotopic (exact) mass is 299 g/mol. The van der Waals surface area contributed by atoms with Crippen LogP contribution in [-0.2, 0) is 6.18 Å². The molecule has 1 nitrogen and oxygen atoms in total. The van der Waals surface area contributed by atoms with Crippen LogP contribution in [0, 0.1) is 11.8 Å². The van der Waals surface area contributed by atoms with E-state index in [1.165, 1.54) is 31.7 Å². The minimum Gasteiger partial charge on any atom is -0.310 e. The van der Waals surface area contributed by atoms with Crippen molar-refractivity contribution in [2.45, 2.75) is 51.7 Å². The first kappa shape index (κ1) is 16.3. The molecule has 0 spiro atoms. The van der Waals surface area contributed by atoms with Gasteiger partial charge >= 0.3 is 6.18 Å². The van der Waals surface area contributed by atoms with Crippen LogP contribution in [0.25, 0.3) is 0 Å². The van der Waals surface area contributed by atoms with Crippen molar-refractivity contribution in [1.82, 2.24) is 5.32 Å². The van der Waals surface area contributed by atoms with Crippen LogP contribution in [0.1, 0.15) is 56.7 Å². The highest BCUT2D eigenvalue weighted by atomic mass is 19.4. The number of alkyl halides is 3. The van der Waals surface area contributed by atoms with Crippen LogP contribution in [0.15, 0.2) is 24.3 Å². The lowest BCUT2D eigenvalue weighted by Crippen LogP contribution is -2.31. The molecule has 3 unspecified atom stereocenters. The summed E-state index contributed by atoms with van der Waals surface area (Å²) in [6.07, 6.45) is 0.653. The van der Waals surface area contributed by atoms with E-state index in [1.807, 2.05) is 6.92 Å². The minimum atomic E-state index is -4.29. The van der Waals surface area contributed by atoms with Gasteiger partial charge in [0.25, 0.3) is 0 Å². The molecule has 0 aromatic heterocycles. The molecule has 0 saturated heterocycles. The summed E-state index contributed by atoms with van der Waals surface area (Å²) in [5.41, 5.74) is -0.185. The summed E-state index contributed by atoms with van der Waals surface area (Å²) < 4.78 is 39.1. The van der Waals surface area contributed by atoms with Crippen LogP contribution >= 0.6 is 0 Å². The van der Waals surface area contributed by atoms with E-state index in [9.17, 15) is 13.2 Å². The molecule has 118 valence electrons. The molecule has 1 aliphatic rings. The fourth-order valence-corrected chi connectivity index (χ4v) is 3.27. The standard InChI is InChI=1S/C17H24F3N/c1-12-7-3-4-8-14(12)11-21-13(2)15-9-5-6-10-16(15)17(18,19)20/h5-6,9-10,12-14,21H,3-4,7-8,11H2,1-2H3. The Balaban J connectivity index is 2.02. The van der Waals surface area contributed by atoms with Gasteiger partial charge in [-0.2, -0.15) is 13.2 Å². The van der Waals surface area contributed by atoms with Crippen molar-refractivity contribution in [3.8, 4) is 0 Å². The van der Waals surface area contributed by atoms with Crippen molar-refractivity contribution >= 4 is 0 Å². The van der Waals surface area contributed by atoms with Gasteiger partial charge in [0.2, 0.25) is 0 Å². The molecule has 1 aliphatic carbocycles. The Bertz CT molecular complexity index is 456. The van der Waals surface area contributed by atoms with Crippen LogP contribution in [0.3, 0.4) is 0 Å². The van der Waals surface area contributed by atoms with Crippen molar-refractivity contribution in [3.05, 3.63) is 35.4 Å². The van der Waals surface area contributed by atoms with E-state index >= 15 is 0 Å². The van der Waals surface area contributed by atoms with Crippen LogP contribution in [0.2, 0.25) is 0 Å². The fourth-order valence-electron chi connectivity index (χ4n) is 3.27. The van der Waals surface area contributed by atoms with Crippen molar-refractivity contribution in [2.75, 3.05) is 6.54 Å². The summed E-state index contributed by atoms with van der Waals surface area (Å²) in [6, 6.07) is 5.58. The molecule has 1 aromatic carbocycles. The van der Waals surface area contributed by atoms with Crippen LogP contribution < -0.4 is 5.32 Å². The molecule has 0 heterocycles. The lowest BCUT2D eigenvalue weighted by atomic mass is 9.80. The smallest absolute Gasteiger partial charge is 0.310 e. The van der Waals surface area contributed by atoms with Gasteiger partial charge in [0.15, 0.2) is 0 Å². The summed E-state index contributed by atoms with van der Waals surface area (Å²) >= 11 is 0. The second-order valence-electron chi connectivity index (χ2n) is 6.24. The Morgan fingerprint density at radius 3 is 2.52 bits per heavy atom. The van der Waals surface area contributed by atoms with Crippen molar-refractivity contribution in [3.63, 3.8) is 0 Å². The van der Waals surface area contributed by atoms with E-state index in [0.717, 1.165) is 12.6 Å². The van der Waals surface area contributed by atoms with Crippen molar-refractivity contribution < 1.29 is 13.2 Å². The van der Waals surface area contributed by atoms with Crippen LogP contribution in [0.4, 0.5) is 13.2 Å². The highest BCUT2D eigenvalue weighted by molar-refractivity contribution is 5.32. The van der Waals surface area contributed by atoms with Gasteiger partial charge in [0.05, 0.1) is 5.56 Å². The van der Waals surface area contributed by atoms with E-state index in [2.05, 4.69) is 12.2 Å². The van der Waals surface area contributed by atoms with Gasteiger partial charge in [-0.25, -0.2) is 0 Å². The molecule has 1 aromatic rings. The molecule has 1 saturated carbocycles. The lowest BCUT2D eigenvalue weighted by Gasteiger charge is -2.30. The van der Waals surface area contributed by atoms with Crippen LogP contribution in [0.5, 0.6) is 0 Å². The minimum absolute atomic E-state index is 0.281.